The summed E-state index contributed by atoms with van der Waals surface area (Å²) in [6.45, 7) is 8.99. The molecule has 8 nitrogen and oxygen atoms in total. The third-order valence-electron chi connectivity index (χ3n) is 5.40. The minimum atomic E-state index is -0.302. The van der Waals surface area contributed by atoms with Gasteiger partial charge in [-0.1, -0.05) is 19.0 Å². The fourth-order valence-corrected chi connectivity index (χ4v) is 3.79. The van der Waals surface area contributed by atoms with Crippen LogP contribution in [0.2, 0.25) is 0 Å². The molecule has 1 atom stereocenters. The Morgan fingerprint density at radius 2 is 2.10 bits per heavy atom. The number of carbonyl (C=O) groups excluding carboxylic acids is 1. The first-order valence-corrected chi connectivity index (χ1v) is 10.1. The maximum Gasteiger partial charge on any atom is 0.260 e. The average Bonchev–Trinajstić information content (AvgIpc) is 3.37. The Morgan fingerprint density at radius 3 is 2.79 bits per heavy atom. The van der Waals surface area contributed by atoms with Gasteiger partial charge in [0.25, 0.3) is 5.91 Å². The van der Waals surface area contributed by atoms with Crippen molar-refractivity contribution >= 4 is 16.9 Å². The Labute approximate surface area is 168 Å². The Kier molecular flexibility index (Phi) is 4.94. The zero-order valence-corrected chi connectivity index (χ0v) is 17.2. The van der Waals surface area contributed by atoms with Gasteiger partial charge < -0.3 is 14.0 Å². The molecule has 4 heterocycles. The topological polar surface area (TPSA) is 94.1 Å². The van der Waals surface area contributed by atoms with Crippen molar-refractivity contribution in [2.24, 2.45) is 0 Å². The summed E-state index contributed by atoms with van der Waals surface area (Å²) in [5, 5.41) is 4.48. The molecule has 0 spiro atoms. The second-order valence-electron chi connectivity index (χ2n) is 7.78. The quantitative estimate of drug-likeness (QED) is 0.673. The lowest BCUT2D eigenvalue weighted by Crippen LogP contribution is -2.34. The van der Waals surface area contributed by atoms with Gasteiger partial charge in [-0.2, -0.15) is 4.98 Å². The molecule has 1 amide bonds. The van der Waals surface area contributed by atoms with Crippen LogP contribution in [0.4, 0.5) is 0 Å². The van der Waals surface area contributed by atoms with Gasteiger partial charge in [-0.25, -0.2) is 4.98 Å². The van der Waals surface area contributed by atoms with Crippen LogP contribution in [0.3, 0.4) is 0 Å². The van der Waals surface area contributed by atoms with Crippen molar-refractivity contribution in [3.8, 4) is 0 Å². The molecule has 1 fully saturated rings. The van der Waals surface area contributed by atoms with Gasteiger partial charge in [-0.15, -0.1) is 0 Å². The van der Waals surface area contributed by atoms with Crippen LogP contribution < -0.4 is 5.43 Å². The third-order valence-corrected chi connectivity index (χ3v) is 5.40. The third kappa shape index (κ3) is 3.32. The fraction of sp³-hybridized carbons (Fsp3) is 0.476. The van der Waals surface area contributed by atoms with E-state index in [2.05, 4.69) is 15.1 Å². The fourth-order valence-electron chi connectivity index (χ4n) is 3.79. The van der Waals surface area contributed by atoms with Gasteiger partial charge in [0.1, 0.15) is 17.3 Å². The number of pyridine rings is 2. The summed E-state index contributed by atoms with van der Waals surface area (Å²) < 4.78 is 7.29. The molecule has 1 saturated heterocycles. The molecule has 29 heavy (non-hydrogen) atoms. The van der Waals surface area contributed by atoms with E-state index in [1.807, 2.05) is 32.3 Å². The second kappa shape index (κ2) is 7.42. The number of hydrogen-bond donors (Lipinski definition) is 0. The average molecular weight is 395 g/mol. The Balaban J connectivity index is 1.75. The number of aromatic nitrogens is 4. The number of nitrogens with zero attached hydrogens (tertiary/aromatic N) is 5. The van der Waals surface area contributed by atoms with E-state index in [4.69, 9.17) is 4.52 Å². The minimum Gasteiger partial charge on any atom is -0.337 e. The van der Waals surface area contributed by atoms with Crippen LogP contribution in [0.1, 0.15) is 73.3 Å². The van der Waals surface area contributed by atoms with Gasteiger partial charge in [-0.05, 0) is 38.8 Å². The molecule has 3 aromatic heterocycles. The molecule has 0 unspecified atom stereocenters. The minimum absolute atomic E-state index is 0.145. The maximum atomic E-state index is 13.4. The lowest BCUT2D eigenvalue weighted by molar-refractivity contribution is 0.0708. The van der Waals surface area contributed by atoms with Crippen molar-refractivity contribution in [1.82, 2.24) is 24.6 Å². The first-order valence-electron chi connectivity index (χ1n) is 10.1. The largest absolute Gasteiger partial charge is 0.337 e. The molecule has 1 aliphatic rings. The maximum absolute atomic E-state index is 13.4. The highest BCUT2D eigenvalue weighted by Crippen LogP contribution is 2.32. The molecule has 8 heteroatoms. The Morgan fingerprint density at radius 1 is 1.31 bits per heavy atom. The summed E-state index contributed by atoms with van der Waals surface area (Å²) in [6, 6.07) is 3.24. The molecule has 0 aliphatic carbocycles. The van der Waals surface area contributed by atoms with E-state index in [1.54, 1.807) is 23.2 Å². The molecular formula is C21H25N5O3. The van der Waals surface area contributed by atoms with Crippen molar-refractivity contribution in [1.29, 1.82) is 0 Å². The number of aryl methyl sites for hydroxylation is 2. The van der Waals surface area contributed by atoms with Crippen LogP contribution >= 0.6 is 0 Å². The summed E-state index contributed by atoms with van der Waals surface area (Å²) >= 11 is 0. The molecule has 1 aliphatic heterocycles. The van der Waals surface area contributed by atoms with Crippen LogP contribution in [0.15, 0.2) is 27.6 Å². The molecule has 0 radical (unpaired) electrons. The number of fused-ring (bicyclic) bond motifs is 1. The molecule has 152 valence electrons. The molecule has 0 N–H and O–H groups in total. The molecule has 3 aromatic rings. The predicted octanol–water partition coefficient (Wildman–Crippen LogP) is 3.21. The summed E-state index contributed by atoms with van der Waals surface area (Å²) in [7, 11) is 0. The first kappa shape index (κ1) is 19.3. The zero-order valence-electron chi connectivity index (χ0n) is 17.2. The number of likely N-dealkylation sites (tertiary alicyclic amines) is 1. The normalized spacial score (nSPS) is 16.9. The number of amides is 1. The van der Waals surface area contributed by atoms with E-state index in [-0.39, 0.29) is 28.9 Å². The van der Waals surface area contributed by atoms with Gasteiger partial charge in [0.2, 0.25) is 11.3 Å². The predicted molar refractivity (Wildman–Crippen MR) is 108 cm³/mol. The number of hydrogen-bond acceptors (Lipinski definition) is 6. The van der Waals surface area contributed by atoms with E-state index < -0.39 is 0 Å². The van der Waals surface area contributed by atoms with Crippen molar-refractivity contribution < 1.29 is 9.32 Å². The van der Waals surface area contributed by atoms with Gasteiger partial charge in [0.05, 0.1) is 5.39 Å². The summed E-state index contributed by atoms with van der Waals surface area (Å²) in [4.78, 5) is 37.1. The summed E-state index contributed by atoms with van der Waals surface area (Å²) in [6.07, 6.45) is 3.19. The van der Waals surface area contributed by atoms with Crippen molar-refractivity contribution in [3.05, 3.63) is 51.5 Å². The number of rotatable bonds is 4. The lowest BCUT2D eigenvalue weighted by Gasteiger charge is -2.22. The Bertz CT molecular complexity index is 1130. The smallest absolute Gasteiger partial charge is 0.260 e. The van der Waals surface area contributed by atoms with E-state index >= 15 is 0 Å². The van der Waals surface area contributed by atoms with Crippen LogP contribution in [-0.2, 0) is 6.54 Å². The van der Waals surface area contributed by atoms with Crippen LogP contribution in [-0.4, -0.2) is 37.0 Å². The molecular weight excluding hydrogens is 370 g/mol. The zero-order chi connectivity index (χ0) is 20.7. The second-order valence-corrected chi connectivity index (χ2v) is 7.78. The molecule has 0 saturated carbocycles. The SMILES string of the molecule is CCn1cc(C(=O)N2CCC[C@H]2c2nc(C(C)C)no2)c(=O)c2ccc(C)nc21. The highest BCUT2D eigenvalue weighted by molar-refractivity contribution is 5.97. The first-order chi connectivity index (χ1) is 13.9. The standard InChI is InChI=1S/C21H25N5O3/c1-5-25-11-15(17(27)14-9-8-13(4)22-19(14)25)21(28)26-10-6-7-16(26)20-23-18(12(2)3)24-29-20/h8-9,11-12,16H,5-7,10H2,1-4H3/t16-/m0/s1. The summed E-state index contributed by atoms with van der Waals surface area (Å²) in [5.74, 6) is 0.908. The van der Waals surface area contributed by atoms with Gasteiger partial charge in [0, 0.05) is 30.9 Å². The van der Waals surface area contributed by atoms with E-state index in [9.17, 15) is 9.59 Å². The van der Waals surface area contributed by atoms with Crippen LogP contribution in [0.5, 0.6) is 0 Å². The van der Waals surface area contributed by atoms with Crippen molar-refractivity contribution in [3.63, 3.8) is 0 Å². The molecule has 4 rings (SSSR count). The van der Waals surface area contributed by atoms with Crippen molar-refractivity contribution in [2.75, 3.05) is 6.54 Å². The van der Waals surface area contributed by atoms with E-state index in [0.29, 0.717) is 35.8 Å². The monoisotopic (exact) mass is 395 g/mol. The van der Waals surface area contributed by atoms with Crippen LogP contribution in [0, 0.1) is 6.92 Å². The Hall–Kier alpha value is -3.03. The van der Waals surface area contributed by atoms with Gasteiger partial charge >= 0.3 is 0 Å². The van der Waals surface area contributed by atoms with Gasteiger partial charge in [-0.3, -0.25) is 9.59 Å². The van der Waals surface area contributed by atoms with Crippen LogP contribution in [0.25, 0.3) is 11.0 Å². The molecule has 0 bridgehead atoms. The van der Waals surface area contributed by atoms with Gasteiger partial charge in [0.15, 0.2) is 5.82 Å². The summed E-state index contributed by atoms with van der Waals surface area (Å²) in [5.41, 5.74) is 1.29. The molecule has 0 aromatic carbocycles. The highest BCUT2D eigenvalue weighted by atomic mass is 16.5. The van der Waals surface area contributed by atoms with E-state index in [1.165, 1.54) is 0 Å². The highest BCUT2D eigenvalue weighted by Gasteiger charge is 2.36. The number of carbonyl (C=O) groups is 1. The van der Waals surface area contributed by atoms with Crippen molar-refractivity contribution in [2.45, 2.75) is 59.0 Å². The lowest BCUT2D eigenvalue weighted by atomic mass is 10.1. The van der Waals surface area contributed by atoms with E-state index in [0.717, 1.165) is 18.5 Å².